The lowest BCUT2D eigenvalue weighted by Crippen LogP contribution is -2.05. The number of nitrogens with one attached hydrogen (secondary N) is 2. The second-order valence-corrected chi connectivity index (χ2v) is 2.72. The summed E-state index contributed by atoms with van der Waals surface area (Å²) in [6, 6.07) is 0. The highest BCUT2D eigenvalue weighted by Gasteiger charge is 1.83. The van der Waals surface area contributed by atoms with Crippen molar-refractivity contribution in [3.8, 4) is 0 Å². The molecule has 0 atom stereocenters. The lowest BCUT2D eigenvalue weighted by atomic mass is 10.3. The molecule has 0 saturated carbocycles. The van der Waals surface area contributed by atoms with Crippen LogP contribution < -0.4 is 16.5 Å². The van der Waals surface area contributed by atoms with Crippen molar-refractivity contribution in [3.05, 3.63) is 49.0 Å². The van der Waals surface area contributed by atoms with Gasteiger partial charge in [0.25, 0.3) is 0 Å². The summed E-state index contributed by atoms with van der Waals surface area (Å²) in [5.74, 6) is 0. The van der Waals surface area contributed by atoms with Crippen LogP contribution >= 0.6 is 0 Å². The first-order chi connectivity index (χ1) is 8.65. The van der Waals surface area contributed by atoms with Crippen LogP contribution in [0.3, 0.4) is 0 Å². The summed E-state index contributed by atoms with van der Waals surface area (Å²) in [6.45, 7) is 14.8. The third-order valence-corrected chi connectivity index (χ3v) is 1.52. The summed E-state index contributed by atoms with van der Waals surface area (Å²) in [7, 11) is 1.81. The number of nitrogens with two attached hydrogens (primary N) is 1. The Morgan fingerprint density at radius 3 is 2.06 bits per heavy atom. The van der Waals surface area contributed by atoms with Gasteiger partial charge in [-0.05, 0) is 31.7 Å². The zero-order valence-corrected chi connectivity index (χ0v) is 12.3. The van der Waals surface area contributed by atoms with Gasteiger partial charge in [-0.15, -0.1) is 0 Å². The lowest BCUT2D eigenvalue weighted by Gasteiger charge is -1.97. The maximum absolute atomic E-state index is 5.25. The number of hydrogen-bond donors (Lipinski definition) is 3. The topological polar surface area (TPSA) is 62.4 Å². The fourth-order valence-corrected chi connectivity index (χ4v) is 0.434. The van der Waals surface area contributed by atoms with Crippen molar-refractivity contribution in [2.24, 2.45) is 10.8 Å². The molecule has 0 aliphatic carbocycles. The van der Waals surface area contributed by atoms with Crippen LogP contribution in [0.1, 0.15) is 27.7 Å². The number of rotatable bonds is 5. The van der Waals surface area contributed by atoms with Gasteiger partial charge in [0, 0.05) is 19.5 Å². The van der Waals surface area contributed by atoms with E-state index in [0.29, 0.717) is 5.70 Å². The van der Waals surface area contributed by atoms with Crippen LogP contribution in [0.5, 0.6) is 0 Å². The van der Waals surface area contributed by atoms with E-state index in [1.165, 1.54) is 6.20 Å². The second kappa shape index (κ2) is 20.4. The SMILES string of the molecule is C=C/C(=C\N)N/N=C/C(C)=C/C.C=CNC.CC. The zero-order valence-electron chi connectivity index (χ0n) is 12.3. The van der Waals surface area contributed by atoms with Crippen molar-refractivity contribution in [1.82, 2.24) is 10.7 Å². The van der Waals surface area contributed by atoms with E-state index in [4.69, 9.17) is 5.73 Å². The molecule has 0 rings (SSSR count). The van der Waals surface area contributed by atoms with E-state index in [0.717, 1.165) is 5.57 Å². The van der Waals surface area contributed by atoms with E-state index < -0.39 is 0 Å². The van der Waals surface area contributed by atoms with Gasteiger partial charge in [-0.25, -0.2) is 0 Å². The Bertz CT molecular complexity index is 276. The second-order valence-electron chi connectivity index (χ2n) is 2.72. The first-order valence-corrected chi connectivity index (χ1v) is 5.90. The molecule has 0 fully saturated rings. The van der Waals surface area contributed by atoms with Crippen molar-refractivity contribution in [1.29, 1.82) is 0 Å². The predicted molar refractivity (Wildman–Crippen MR) is 84.1 cm³/mol. The van der Waals surface area contributed by atoms with E-state index in [1.807, 2.05) is 40.8 Å². The molecular weight excluding hydrogens is 224 g/mol. The first kappa shape index (κ1) is 21.3. The maximum atomic E-state index is 5.25. The quantitative estimate of drug-likeness (QED) is 0.400. The van der Waals surface area contributed by atoms with E-state index in [2.05, 4.69) is 29.0 Å². The molecule has 4 N–H and O–H groups in total. The van der Waals surface area contributed by atoms with E-state index >= 15 is 0 Å². The maximum Gasteiger partial charge on any atom is 0.0710 e. The average Bonchev–Trinajstić information content (AvgIpc) is 2.45. The summed E-state index contributed by atoms with van der Waals surface area (Å²) in [4.78, 5) is 0. The standard InChI is InChI=1S/C9H15N3.C3H7N.C2H6/c1-4-8(3)7-11-12-9(5-2)6-10;1-3-4-2;1-2/h4-7,12H,2,10H2,1,3H3;3-4H,1H2,2H3;1-2H3/b8-4+,9-6+,11-7+;;. The molecule has 0 bridgehead atoms. The van der Waals surface area contributed by atoms with Crippen molar-refractivity contribution in [2.75, 3.05) is 7.05 Å². The highest BCUT2D eigenvalue weighted by atomic mass is 15.3. The molecule has 0 aromatic heterocycles. The molecule has 4 heteroatoms. The molecule has 0 unspecified atom stereocenters. The van der Waals surface area contributed by atoms with Gasteiger partial charge in [-0.3, -0.25) is 5.43 Å². The van der Waals surface area contributed by atoms with Gasteiger partial charge >= 0.3 is 0 Å². The third kappa shape index (κ3) is 19.6. The van der Waals surface area contributed by atoms with Crippen molar-refractivity contribution in [2.45, 2.75) is 27.7 Å². The summed E-state index contributed by atoms with van der Waals surface area (Å²) in [6.07, 6.45) is 8.32. The van der Waals surface area contributed by atoms with Crippen LogP contribution in [-0.4, -0.2) is 13.3 Å². The summed E-state index contributed by atoms with van der Waals surface area (Å²) in [5.41, 5.74) is 9.76. The largest absolute Gasteiger partial charge is 0.403 e. The summed E-state index contributed by atoms with van der Waals surface area (Å²) in [5, 5.41) is 6.62. The number of hydrazone groups is 1. The van der Waals surface area contributed by atoms with Gasteiger partial charge in [-0.1, -0.05) is 33.1 Å². The number of nitrogens with zero attached hydrogens (tertiary/aromatic N) is 1. The molecule has 0 aliphatic heterocycles. The molecule has 0 aromatic carbocycles. The monoisotopic (exact) mass is 252 g/mol. The normalized spacial score (nSPS) is 10.5. The molecule has 18 heavy (non-hydrogen) atoms. The molecule has 0 radical (unpaired) electrons. The van der Waals surface area contributed by atoms with Crippen molar-refractivity contribution >= 4 is 6.21 Å². The van der Waals surface area contributed by atoms with Gasteiger partial charge in [0.1, 0.15) is 0 Å². The van der Waals surface area contributed by atoms with Crippen LogP contribution in [0.25, 0.3) is 0 Å². The third-order valence-electron chi connectivity index (χ3n) is 1.52. The van der Waals surface area contributed by atoms with Crippen molar-refractivity contribution < 1.29 is 0 Å². The molecule has 104 valence electrons. The number of hydrogen-bond acceptors (Lipinski definition) is 4. The minimum Gasteiger partial charge on any atom is -0.403 e. The minimum absolute atomic E-state index is 0.690. The van der Waals surface area contributed by atoms with Crippen LogP contribution in [0.4, 0.5) is 0 Å². The van der Waals surface area contributed by atoms with E-state index in [1.54, 1.807) is 18.5 Å². The van der Waals surface area contributed by atoms with E-state index in [9.17, 15) is 0 Å². The Kier molecular flexibility index (Phi) is 24.2. The average molecular weight is 252 g/mol. The van der Waals surface area contributed by atoms with Crippen LogP contribution in [-0.2, 0) is 0 Å². The van der Waals surface area contributed by atoms with Gasteiger partial charge in [0.05, 0.1) is 5.70 Å². The zero-order chi connectivity index (χ0) is 14.8. The smallest absolute Gasteiger partial charge is 0.0710 e. The Morgan fingerprint density at radius 1 is 1.28 bits per heavy atom. The molecule has 0 aromatic rings. The van der Waals surface area contributed by atoms with Crippen LogP contribution in [0.2, 0.25) is 0 Å². The molecule has 0 heterocycles. The highest BCUT2D eigenvalue weighted by molar-refractivity contribution is 5.77. The lowest BCUT2D eigenvalue weighted by molar-refractivity contribution is 0.919. The molecular formula is C14H28N4. The Morgan fingerprint density at radius 2 is 1.78 bits per heavy atom. The molecule has 0 aliphatic rings. The van der Waals surface area contributed by atoms with Gasteiger partial charge in [0.2, 0.25) is 0 Å². The van der Waals surface area contributed by atoms with Gasteiger partial charge in [-0.2, -0.15) is 5.10 Å². The van der Waals surface area contributed by atoms with Crippen molar-refractivity contribution in [3.63, 3.8) is 0 Å². The first-order valence-electron chi connectivity index (χ1n) is 5.90. The van der Waals surface area contributed by atoms with Gasteiger partial charge in [0.15, 0.2) is 0 Å². The summed E-state index contributed by atoms with van der Waals surface area (Å²) >= 11 is 0. The minimum atomic E-state index is 0.690. The van der Waals surface area contributed by atoms with E-state index in [-0.39, 0.29) is 0 Å². The van der Waals surface area contributed by atoms with Gasteiger partial charge < -0.3 is 11.1 Å². The Labute approximate surface area is 112 Å². The molecule has 0 spiro atoms. The van der Waals surface area contributed by atoms with Crippen LogP contribution in [0.15, 0.2) is 54.1 Å². The fraction of sp³-hybridized carbons (Fsp3) is 0.357. The number of allylic oxidation sites excluding steroid dienone is 3. The molecule has 4 nitrogen and oxygen atoms in total. The molecule has 0 saturated heterocycles. The predicted octanol–water partition coefficient (Wildman–Crippen LogP) is 2.89. The Hall–Kier alpha value is -1.97. The molecule has 0 amide bonds. The van der Waals surface area contributed by atoms with Crippen LogP contribution in [0, 0.1) is 0 Å². The summed E-state index contributed by atoms with van der Waals surface area (Å²) < 4.78 is 0. The fourth-order valence-electron chi connectivity index (χ4n) is 0.434. The highest BCUT2D eigenvalue weighted by Crippen LogP contribution is 1.88. The Balaban J connectivity index is -0.000000317.